The van der Waals surface area contributed by atoms with E-state index in [1.165, 1.54) is 48.3 Å². The number of fused-ring (bicyclic) bond motifs is 1. The van der Waals surface area contributed by atoms with E-state index in [4.69, 9.17) is 0 Å². The molecule has 0 atom stereocenters. The van der Waals surface area contributed by atoms with Crippen molar-refractivity contribution >= 4 is 16.9 Å². The first-order chi connectivity index (χ1) is 14.0. The molecule has 4 aromatic heterocycles. The number of nitrogens with zero attached hydrogens (tertiary/aromatic N) is 7. The van der Waals surface area contributed by atoms with Crippen molar-refractivity contribution in [1.29, 1.82) is 0 Å². The molecule has 0 fully saturated rings. The van der Waals surface area contributed by atoms with Crippen molar-refractivity contribution in [3.05, 3.63) is 75.2 Å². The molecule has 0 radical (unpaired) electrons. The molecule has 4 rings (SSSR count). The first-order valence-corrected chi connectivity index (χ1v) is 8.60. The Hall–Kier alpha value is -4.15. The third-order valence-corrected chi connectivity index (χ3v) is 4.50. The number of pyridine rings is 2. The van der Waals surface area contributed by atoms with E-state index in [0.29, 0.717) is 5.82 Å². The largest absolute Gasteiger partial charge is 0.348 e. The number of hydrogen-bond acceptors (Lipinski definition) is 7. The molecule has 0 aliphatic carbocycles. The van der Waals surface area contributed by atoms with Crippen LogP contribution in [0.2, 0.25) is 0 Å². The van der Waals surface area contributed by atoms with Crippen LogP contribution in [0.4, 0.5) is 0 Å². The Morgan fingerprint density at radius 3 is 2.76 bits per heavy atom. The first-order valence-electron chi connectivity index (χ1n) is 8.60. The van der Waals surface area contributed by atoms with Crippen LogP contribution in [0.3, 0.4) is 0 Å². The van der Waals surface area contributed by atoms with Crippen molar-refractivity contribution in [2.24, 2.45) is 14.1 Å². The van der Waals surface area contributed by atoms with Gasteiger partial charge in [0.1, 0.15) is 18.3 Å². The molecule has 4 heterocycles. The highest BCUT2D eigenvalue weighted by Gasteiger charge is 2.14. The van der Waals surface area contributed by atoms with Gasteiger partial charge in [0.15, 0.2) is 5.82 Å². The van der Waals surface area contributed by atoms with Gasteiger partial charge in [0.05, 0.1) is 10.9 Å². The molecule has 0 saturated heterocycles. The van der Waals surface area contributed by atoms with Crippen LogP contribution in [0.15, 0.2) is 52.8 Å². The van der Waals surface area contributed by atoms with Gasteiger partial charge in [-0.3, -0.25) is 18.7 Å². The lowest BCUT2D eigenvalue weighted by Crippen LogP contribution is -2.37. The second-order valence-corrected chi connectivity index (χ2v) is 6.31. The molecule has 29 heavy (non-hydrogen) atoms. The van der Waals surface area contributed by atoms with Crippen LogP contribution < -0.4 is 16.6 Å². The SMILES string of the molecule is Cn1c(=O)c2cc(C(=O)NCc3cccnc3-n3cncn3)cnc2n(C)c1=O. The van der Waals surface area contributed by atoms with Gasteiger partial charge >= 0.3 is 5.69 Å². The van der Waals surface area contributed by atoms with Gasteiger partial charge in [-0.1, -0.05) is 6.07 Å². The van der Waals surface area contributed by atoms with Gasteiger partial charge in [-0.15, -0.1) is 0 Å². The topological polar surface area (TPSA) is 130 Å². The van der Waals surface area contributed by atoms with E-state index >= 15 is 0 Å². The predicted molar refractivity (Wildman–Crippen MR) is 103 cm³/mol. The number of nitrogens with one attached hydrogen (secondary N) is 1. The molecule has 0 saturated carbocycles. The summed E-state index contributed by atoms with van der Waals surface area (Å²) in [6.45, 7) is 0.186. The second kappa shape index (κ2) is 7.11. The van der Waals surface area contributed by atoms with Crippen LogP contribution in [0.25, 0.3) is 16.9 Å². The predicted octanol–water partition coefficient (Wildman–Crippen LogP) is -0.462. The number of hydrogen-bond donors (Lipinski definition) is 1. The Balaban J connectivity index is 1.63. The maximum absolute atomic E-state index is 12.6. The minimum atomic E-state index is -0.508. The minimum Gasteiger partial charge on any atom is -0.348 e. The molecule has 11 heteroatoms. The Morgan fingerprint density at radius 1 is 1.17 bits per heavy atom. The van der Waals surface area contributed by atoms with E-state index in [2.05, 4.69) is 25.4 Å². The molecule has 0 unspecified atom stereocenters. The standard InChI is InChI=1S/C18H16N8O3/c1-24-15-13(17(28)25(2)18(24)29)6-12(8-21-15)16(27)22-7-11-4-3-5-20-14(11)26-10-19-9-23-26/h3-6,8-10H,7H2,1-2H3,(H,22,27). The number of carbonyl (C=O) groups excluding carboxylic acids is 1. The average Bonchev–Trinajstić information content (AvgIpc) is 3.29. The molecule has 1 amide bonds. The third kappa shape index (κ3) is 3.18. The lowest BCUT2D eigenvalue weighted by atomic mass is 10.2. The zero-order chi connectivity index (χ0) is 20.5. The Bertz CT molecular complexity index is 1340. The molecule has 0 aliphatic rings. The smallest absolute Gasteiger partial charge is 0.332 e. The Labute approximate surface area is 163 Å². The summed E-state index contributed by atoms with van der Waals surface area (Å²) < 4.78 is 3.74. The Kier molecular flexibility index (Phi) is 4.47. The molecule has 11 nitrogen and oxygen atoms in total. The summed E-state index contributed by atoms with van der Waals surface area (Å²) in [5.74, 6) is 0.134. The van der Waals surface area contributed by atoms with Crippen molar-refractivity contribution in [1.82, 2.24) is 39.2 Å². The molecule has 0 spiro atoms. The normalized spacial score (nSPS) is 11.0. The molecule has 0 aliphatic heterocycles. The number of aromatic nitrogens is 7. The average molecular weight is 392 g/mol. The summed E-state index contributed by atoms with van der Waals surface area (Å²) in [6, 6.07) is 5.00. The number of amides is 1. The van der Waals surface area contributed by atoms with Crippen LogP contribution in [-0.2, 0) is 20.6 Å². The van der Waals surface area contributed by atoms with Crippen molar-refractivity contribution in [2.45, 2.75) is 6.54 Å². The van der Waals surface area contributed by atoms with E-state index in [-0.39, 0.29) is 23.1 Å². The summed E-state index contributed by atoms with van der Waals surface area (Å²) in [6.07, 6.45) is 5.86. The maximum atomic E-state index is 12.6. The summed E-state index contributed by atoms with van der Waals surface area (Å²) in [4.78, 5) is 49.3. The van der Waals surface area contributed by atoms with Crippen molar-refractivity contribution in [3.63, 3.8) is 0 Å². The summed E-state index contributed by atoms with van der Waals surface area (Å²) >= 11 is 0. The fourth-order valence-corrected chi connectivity index (χ4v) is 2.96. The summed E-state index contributed by atoms with van der Waals surface area (Å²) in [5, 5.41) is 7.03. The molecule has 146 valence electrons. The van der Waals surface area contributed by atoms with Gasteiger partial charge in [0.2, 0.25) is 0 Å². The van der Waals surface area contributed by atoms with Gasteiger partial charge < -0.3 is 5.32 Å². The molecule has 4 aromatic rings. The van der Waals surface area contributed by atoms with Gasteiger partial charge in [0, 0.05) is 38.6 Å². The lowest BCUT2D eigenvalue weighted by Gasteiger charge is -2.10. The van der Waals surface area contributed by atoms with E-state index < -0.39 is 17.2 Å². The highest BCUT2D eigenvalue weighted by molar-refractivity contribution is 5.96. The lowest BCUT2D eigenvalue weighted by molar-refractivity contribution is 0.0950. The highest BCUT2D eigenvalue weighted by atomic mass is 16.2. The number of aryl methyl sites for hydroxylation is 1. The van der Waals surface area contributed by atoms with Crippen LogP contribution in [0, 0.1) is 0 Å². The van der Waals surface area contributed by atoms with Crippen LogP contribution in [0.1, 0.15) is 15.9 Å². The third-order valence-electron chi connectivity index (χ3n) is 4.50. The Morgan fingerprint density at radius 2 is 2.00 bits per heavy atom. The number of carbonyl (C=O) groups is 1. The van der Waals surface area contributed by atoms with E-state index in [1.54, 1.807) is 12.3 Å². The van der Waals surface area contributed by atoms with Gasteiger partial charge in [0.25, 0.3) is 11.5 Å². The van der Waals surface area contributed by atoms with Gasteiger partial charge in [-0.25, -0.2) is 24.4 Å². The van der Waals surface area contributed by atoms with E-state index in [0.717, 1.165) is 10.1 Å². The van der Waals surface area contributed by atoms with E-state index in [9.17, 15) is 14.4 Å². The van der Waals surface area contributed by atoms with Crippen molar-refractivity contribution < 1.29 is 4.79 Å². The van der Waals surface area contributed by atoms with Gasteiger partial charge in [-0.05, 0) is 12.1 Å². The molecule has 0 bridgehead atoms. The zero-order valence-electron chi connectivity index (χ0n) is 15.6. The van der Waals surface area contributed by atoms with Crippen LogP contribution >= 0.6 is 0 Å². The summed E-state index contributed by atoms with van der Waals surface area (Å²) in [7, 11) is 2.90. The van der Waals surface area contributed by atoms with Gasteiger partial charge in [-0.2, -0.15) is 5.10 Å². The maximum Gasteiger partial charge on any atom is 0.332 e. The highest BCUT2D eigenvalue weighted by Crippen LogP contribution is 2.11. The minimum absolute atomic E-state index is 0.186. The first kappa shape index (κ1) is 18.2. The quantitative estimate of drug-likeness (QED) is 0.497. The summed E-state index contributed by atoms with van der Waals surface area (Å²) in [5.41, 5.74) is 0.170. The van der Waals surface area contributed by atoms with Crippen LogP contribution in [0.5, 0.6) is 0 Å². The van der Waals surface area contributed by atoms with Crippen LogP contribution in [-0.4, -0.2) is 39.8 Å². The molecular weight excluding hydrogens is 376 g/mol. The van der Waals surface area contributed by atoms with Crippen molar-refractivity contribution in [2.75, 3.05) is 0 Å². The van der Waals surface area contributed by atoms with Crippen molar-refractivity contribution in [3.8, 4) is 5.82 Å². The monoisotopic (exact) mass is 392 g/mol. The van der Waals surface area contributed by atoms with E-state index in [1.807, 2.05) is 6.07 Å². The fourth-order valence-electron chi connectivity index (χ4n) is 2.96. The zero-order valence-corrected chi connectivity index (χ0v) is 15.6. The molecule has 0 aromatic carbocycles. The second-order valence-electron chi connectivity index (χ2n) is 6.31. The number of rotatable bonds is 4. The molecule has 1 N–H and O–H groups in total. The molecular formula is C18H16N8O3. The fraction of sp³-hybridized carbons (Fsp3) is 0.167.